The van der Waals surface area contributed by atoms with Gasteiger partial charge in [0.15, 0.2) is 5.78 Å². The number of hydrogen-bond acceptors (Lipinski definition) is 4. The number of rotatable bonds is 6. The van der Waals surface area contributed by atoms with E-state index in [0.29, 0.717) is 11.3 Å². The fourth-order valence-electron chi connectivity index (χ4n) is 1.47. The Balaban J connectivity index is 2.69. The first-order valence-corrected chi connectivity index (χ1v) is 6.12. The van der Waals surface area contributed by atoms with Crippen LogP contribution in [0, 0.1) is 0 Å². The number of anilines is 1. The summed E-state index contributed by atoms with van der Waals surface area (Å²) in [5, 5.41) is 14.1. The molecule has 6 nitrogen and oxygen atoms in total. The molecule has 1 aromatic carbocycles. The molecule has 0 bridgehead atoms. The highest BCUT2D eigenvalue weighted by Crippen LogP contribution is 2.15. The molecule has 0 fully saturated rings. The van der Waals surface area contributed by atoms with Gasteiger partial charge in [-0.15, -0.1) is 0 Å². The van der Waals surface area contributed by atoms with Gasteiger partial charge >= 0.3 is 5.97 Å². The van der Waals surface area contributed by atoms with Crippen molar-refractivity contribution in [3.63, 3.8) is 0 Å². The van der Waals surface area contributed by atoms with Crippen molar-refractivity contribution in [3.05, 3.63) is 29.8 Å². The molecule has 0 aromatic heterocycles. The average Bonchev–Trinajstić information content (AvgIpc) is 2.36. The summed E-state index contributed by atoms with van der Waals surface area (Å²) in [5.41, 5.74) is -0.365. The van der Waals surface area contributed by atoms with Gasteiger partial charge in [0.25, 0.3) is 0 Å². The van der Waals surface area contributed by atoms with Crippen molar-refractivity contribution < 1.29 is 19.5 Å². The highest BCUT2D eigenvalue weighted by Gasteiger charge is 2.26. The summed E-state index contributed by atoms with van der Waals surface area (Å²) in [6.45, 7) is 4.18. The Kier molecular flexibility index (Phi) is 4.99. The van der Waals surface area contributed by atoms with Gasteiger partial charge in [-0.25, -0.2) is 0 Å². The molecule has 108 valence electrons. The molecule has 1 aromatic rings. The topological polar surface area (TPSA) is 95.5 Å². The molecule has 0 aliphatic rings. The molecule has 0 unspecified atom stereocenters. The summed E-state index contributed by atoms with van der Waals surface area (Å²) in [7, 11) is 0. The van der Waals surface area contributed by atoms with E-state index in [2.05, 4.69) is 10.6 Å². The number of para-hydroxylation sites is 1. The fourth-order valence-corrected chi connectivity index (χ4v) is 1.47. The molecule has 0 saturated carbocycles. The van der Waals surface area contributed by atoms with Crippen LogP contribution in [0.4, 0.5) is 5.69 Å². The van der Waals surface area contributed by atoms with Gasteiger partial charge < -0.3 is 10.4 Å². The van der Waals surface area contributed by atoms with Crippen LogP contribution in [0.1, 0.15) is 31.1 Å². The van der Waals surface area contributed by atoms with Crippen molar-refractivity contribution in [2.75, 3.05) is 11.9 Å². The van der Waals surface area contributed by atoms with E-state index in [4.69, 9.17) is 5.11 Å². The van der Waals surface area contributed by atoms with Crippen LogP contribution in [0.2, 0.25) is 0 Å². The van der Waals surface area contributed by atoms with Crippen LogP contribution in [0.15, 0.2) is 24.3 Å². The molecule has 3 N–H and O–H groups in total. The Morgan fingerprint density at radius 1 is 1.20 bits per heavy atom. The molecule has 0 atom stereocenters. The van der Waals surface area contributed by atoms with E-state index in [0.717, 1.165) is 0 Å². The second-order valence-electron chi connectivity index (χ2n) is 4.93. The monoisotopic (exact) mass is 278 g/mol. The lowest BCUT2D eigenvalue weighted by atomic mass is 10.1. The highest BCUT2D eigenvalue weighted by molar-refractivity contribution is 6.04. The predicted molar refractivity (Wildman–Crippen MR) is 74.8 cm³/mol. The van der Waals surface area contributed by atoms with Crippen molar-refractivity contribution in [2.45, 2.75) is 26.3 Å². The first-order chi connectivity index (χ1) is 9.24. The number of hydrogen-bond donors (Lipinski definition) is 3. The Morgan fingerprint density at radius 3 is 2.35 bits per heavy atom. The number of carbonyl (C=O) groups is 3. The lowest BCUT2D eigenvalue weighted by Gasteiger charge is -2.20. The first-order valence-electron chi connectivity index (χ1n) is 6.12. The maximum absolute atomic E-state index is 11.8. The maximum Gasteiger partial charge on any atom is 0.323 e. The first kappa shape index (κ1) is 15.8. The third-order valence-corrected chi connectivity index (χ3v) is 2.81. The number of aliphatic carboxylic acids is 1. The highest BCUT2D eigenvalue weighted by atomic mass is 16.4. The SMILES string of the molecule is CC(=O)c1ccccc1NC(=O)CNC(C)(C)C(=O)O. The van der Waals surface area contributed by atoms with Crippen molar-refractivity contribution in [1.29, 1.82) is 0 Å². The minimum atomic E-state index is -1.20. The summed E-state index contributed by atoms with van der Waals surface area (Å²) < 4.78 is 0. The molecule has 0 saturated heterocycles. The quantitative estimate of drug-likeness (QED) is 0.681. The number of benzene rings is 1. The van der Waals surface area contributed by atoms with Crippen molar-refractivity contribution >= 4 is 23.3 Å². The van der Waals surface area contributed by atoms with E-state index in [1.165, 1.54) is 20.8 Å². The van der Waals surface area contributed by atoms with Gasteiger partial charge in [0.2, 0.25) is 5.91 Å². The van der Waals surface area contributed by atoms with E-state index in [1.807, 2.05) is 0 Å². The number of Topliss-reactive ketones (excluding diaryl/α,β-unsaturated/α-hetero) is 1. The van der Waals surface area contributed by atoms with Gasteiger partial charge in [-0.2, -0.15) is 0 Å². The molecule has 0 heterocycles. The van der Waals surface area contributed by atoms with Crippen molar-refractivity contribution in [3.8, 4) is 0 Å². The second kappa shape index (κ2) is 6.29. The van der Waals surface area contributed by atoms with Crippen LogP contribution in [-0.2, 0) is 9.59 Å². The number of ketones is 1. The minimum Gasteiger partial charge on any atom is -0.480 e. The summed E-state index contributed by atoms with van der Waals surface area (Å²) >= 11 is 0. The summed E-state index contributed by atoms with van der Waals surface area (Å²) in [6.07, 6.45) is 0. The van der Waals surface area contributed by atoms with E-state index in [9.17, 15) is 14.4 Å². The standard InChI is InChI=1S/C14H18N2O4/c1-9(17)10-6-4-5-7-11(10)16-12(18)8-15-14(2,3)13(19)20/h4-7,15H,8H2,1-3H3,(H,16,18)(H,19,20). The summed E-state index contributed by atoms with van der Waals surface area (Å²) in [4.78, 5) is 34.1. The van der Waals surface area contributed by atoms with Crippen LogP contribution >= 0.6 is 0 Å². The van der Waals surface area contributed by atoms with E-state index in [-0.39, 0.29) is 12.3 Å². The molecule has 0 spiro atoms. The van der Waals surface area contributed by atoms with Gasteiger partial charge in [0.1, 0.15) is 5.54 Å². The van der Waals surface area contributed by atoms with Crippen LogP contribution < -0.4 is 10.6 Å². The lowest BCUT2D eigenvalue weighted by Crippen LogP contribution is -2.49. The molecule has 6 heteroatoms. The van der Waals surface area contributed by atoms with Gasteiger partial charge in [-0.3, -0.25) is 19.7 Å². The molecule has 0 radical (unpaired) electrons. The summed E-state index contributed by atoms with van der Waals surface area (Å²) in [6, 6.07) is 6.65. The van der Waals surface area contributed by atoms with Gasteiger partial charge in [-0.1, -0.05) is 12.1 Å². The number of carboxylic acids is 1. The Labute approximate surface area is 117 Å². The van der Waals surface area contributed by atoms with Crippen LogP contribution in [0.25, 0.3) is 0 Å². The largest absolute Gasteiger partial charge is 0.480 e. The van der Waals surface area contributed by atoms with E-state index in [1.54, 1.807) is 24.3 Å². The van der Waals surface area contributed by atoms with Crippen LogP contribution in [0.5, 0.6) is 0 Å². The Bertz CT molecular complexity index is 538. The zero-order valence-corrected chi connectivity index (χ0v) is 11.7. The van der Waals surface area contributed by atoms with Gasteiger partial charge in [-0.05, 0) is 32.9 Å². The smallest absolute Gasteiger partial charge is 0.323 e. The summed E-state index contributed by atoms with van der Waals surface area (Å²) in [5.74, 6) is -1.61. The molecule has 20 heavy (non-hydrogen) atoms. The molecule has 0 aliphatic carbocycles. The third-order valence-electron chi connectivity index (χ3n) is 2.81. The van der Waals surface area contributed by atoms with Gasteiger partial charge in [0.05, 0.1) is 12.2 Å². The number of carbonyl (C=O) groups excluding carboxylic acids is 2. The average molecular weight is 278 g/mol. The fraction of sp³-hybridized carbons (Fsp3) is 0.357. The number of carboxylic acid groups (broad SMARTS) is 1. The minimum absolute atomic E-state index is 0.153. The molecular formula is C14H18N2O4. The predicted octanol–water partition coefficient (Wildman–Crippen LogP) is 1.28. The molecule has 1 rings (SSSR count). The Hall–Kier alpha value is -2.21. The van der Waals surface area contributed by atoms with Crippen molar-refractivity contribution in [2.24, 2.45) is 0 Å². The van der Waals surface area contributed by atoms with Gasteiger partial charge in [0, 0.05) is 5.56 Å². The van der Waals surface area contributed by atoms with E-state index >= 15 is 0 Å². The molecular weight excluding hydrogens is 260 g/mol. The third kappa shape index (κ3) is 4.17. The lowest BCUT2D eigenvalue weighted by molar-refractivity contribution is -0.143. The maximum atomic E-state index is 11.8. The molecule has 1 amide bonds. The van der Waals surface area contributed by atoms with Crippen LogP contribution in [0.3, 0.4) is 0 Å². The zero-order valence-electron chi connectivity index (χ0n) is 11.7. The molecule has 0 aliphatic heterocycles. The van der Waals surface area contributed by atoms with E-state index < -0.39 is 17.4 Å². The number of nitrogens with one attached hydrogen (secondary N) is 2. The normalized spacial score (nSPS) is 10.9. The Morgan fingerprint density at radius 2 is 1.80 bits per heavy atom. The number of amides is 1. The zero-order chi connectivity index (χ0) is 15.3. The van der Waals surface area contributed by atoms with Crippen molar-refractivity contribution in [1.82, 2.24) is 5.32 Å². The second-order valence-corrected chi connectivity index (χ2v) is 4.93. The van der Waals surface area contributed by atoms with Crippen LogP contribution in [-0.4, -0.2) is 34.8 Å².